The number of ether oxygens (including phenoxy) is 1. The van der Waals surface area contributed by atoms with Gasteiger partial charge in [0.2, 0.25) is 0 Å². The van der Waals surface area contributed by atoms with Gasteiger partial charge in [-0.2, -0.15) is 0 Å². The average molecular weight is 243 g/mol. The van der Waals surface area contributed by atoms with Crippen LogP contribution in [0.1, 0.15) is 33.1 Å². The van der Waals surface area contributed by atoms with Crippen molar-refractivity contribution >= 4 is 5.84 Å². The molecular formula is C12H25N3O2. The van der Waals surface area contributed by atoms with E-state index in [0.717, 1.165) is 32.7 Å². The number of oxime groups is 1. The third-order valence-corrected chi connectivity index (χ3v) is 2.92. The van der Waals surface area contributed by atoms with Crippen molar-refractivity contribution in [3.8, 4) is 0 Å². The fourth-order valence-corrected chi connectivity index (χ4v) is 2.17. The third kappa shape index (κ3) is 5.89. The molecule has 5 nitrogen and oxygen atoms in total. The smallest absolute Gasteiger partial charge is 0.140 e. The molecule has 100 valence electrons. The van der Waals surface area contributed by atoms with E-state index in [1.165, 1.54) is 6.42 Å². The summed E-state index contributed by atoms with van der Waals surface area (Å²) in [6.45, 7) is 8.10. The Hall–Kier alpha value is -0.810. The largest absolute Gasteiger partial charge is 0.409 e. The van der Waals surface area contributed by atoms with Gasteiger partial charge < -0.3 is 20.6 Å². The molecule has 5 heteroatoms. The molecule has 1 aliphatic rings. The highest BCUT2D eigenvalue weighted by Crippen LogP contribution is 2.14. The molecule has 3 N–H and O–H groups in total. The predicted molar refractivity (Wildman–Crippen MR) is 68.3 cm³/mol. The summed E-state index contributed by atoms with van der Waals surface area (Å²) in [5.41, 5.74) is 5.50. The second-order valence-electron chi connectivity index (χ2n) is 5.13. The third-order valence-electron chi connectivity index (χ3n) is 2.92. The number of hydrogen-bond acceptors (Lipinski definition) is 4. The van der Waals surface area contributed by atoms with Crippen LogP contribution >= 0.6 is 0 Å². The highest BCUT2D eigenvalue weighted by atomic mass is 16.5. The Kier molecular flexibility index (Phi) is 6.29. The minimum atomic E-state index is 0.297. The molecule has 1 saturated heterocycles. The highest BCUT2D eigenvalue weighted by molar-refractivity contribution is 5.79. The van der Waals surface area contributed by atoms with Crippen molar-refractivity contribution in [2.75, 3.05) is 26.2 Å². The second kappa shape index (κ2) is 7.50. The summed E-state index contributed by atoms with van der Waals surface area (Å²) in [7, 11) is 0. The zero-order chi connectivity index (χ0) is 12.7. The van der Waals surface area contributed by atoms with Crippen molar-refractivity contribution in [2.45, 2.75) is 39.2 Å². The molecule has 0 amide bonds. The number of amidine groups is 1. The van der Waals surface area contributed by atoms with Gasteiger partial charge in [-0.05, 0) is 18.8 Å². The van der Waals surface area contributed by atoms with Gasteiger partial charge in [-0.25, -0.2) is 0 Å². The average Bonchev–Trinajstić information content (AvgIpc) is 2.77. The molecule has 1 heterocycles. The van der Waals surface area contributed by atoms with Gasteiger partial charge in [0.15, 0.2) is 0 Å². The van der Waals surface area contributed by atoms with Crippen LogP contribution in [0.15, 0.2) is 5.16 Å². The Balaban J connectivity index is 2.36. The number of rotatable bonds is 7. The van der Waals surface area contributed by atoms with E-state index < -0.39 is 0 Å². The molecule has 0 aromatic heterocycles. The quantitative estimate of drug-likeness (QED) is 0.306. The molecule has 0 radical (unpaired) electrons. The van der Waals surface area contributed by atoms with Crippen LogP contribution in [0.5, 0.6) is 0 Å². The van der Waals surface area contributed by atoms with Crippen LogP contribution in [0, 0.1) is 5.92 Å². The molecule has 0 aromatic carbocycles. The van der Waals surface area contributed by atoms with E-state index >= 15 is 0 Å². The molecule has 0 aliphatic carbocycles. The second-order valence-corrected chi connectivity index (χ2v) is 5.13. The van der Waals surface area contributed by atoms with Crippen LogP contribution in [0.2, 0.25) is 0 Å². The molecule has 1 atom stereocenters. The summed E-state index contributed by atoms with van der Waals surface area (Å²) in [5.74, 6) is 0.912. The standard InChI is InChI=1S/C12H25N3O2/c1-10(2)8-15(6-5-12(13)14-16)9-11-4-3-7-17-11/h10-11,16H,3-9H2,1-2H3,(H2,13,14). The number of nitrogens with two attached hydrogens (primary N) is 1. The lowest BCUT2D eigenvalue weighted by molar-refractivity contribution is 0.0701. The molecule has 0 saturated carbocycles. The van der Waals surface area contributed by atoms with Gasteiger partial charge in [0.05, 0.1) is 6.10 Å². The summed E-state index contributed by atoms with van der Waals surface area (Å²) in [5, 5.41) is 11.5. The van der Waals surface area contributed by atoms with Gasteiger partial charge >= 0.3 is 0 Å². The lowest BCUT2D eigenvalue weighted by atomic mass is 10.1. The molecule has 0 aromatic rings. The Morgan fingerprint density at radius 3 is 2.88 bits per heavy atom. The molecule has 0 spiro atoms. The summed E-state index contributed by atoms with van der Waals surface area (Å²) >= 11 is 0. The van der Waals surface area contributed by atoms with E-state index in [1.54, 1.807) is 0 Å². The summed E-state index contributed by atoms with van der Waals surface area (Å²) in [6.07, 6.45) is 3.29. The highest BCUT2D eigenvalue weighted by Gasteiger charge is 2.19. The maximum atomic E-state index is 8.53. The lowest BCUT2D eigenvalue weighted by Gasteiger charge is -2.26. The van der Waals surface area contributed by atoms with Crippen molar-refractivity contribution in [2.24, 2.45) is 16.8 Å². The molecule has 1 rings (SSSR count). The SMILES string of the molecule is CC(C)CN(CC/C(N)=N/O)CC1CCCO1. The van der Waals surface area contributed by atoms with E-state index in [0.29, 0.717) is 24.3 Å². The van der Waals surface area contributed by atoms with Crippen molar-refractivity contribution in [1.29, 1.82) is 0 Å². The van der Waals surface area contributed by atoms with Gasteiger partial charge in [-0.15, -0.1) is 0 Å². The summed E-state index contributed by atoms with van der Waals surface area (Å²) in [6, 6.07) is 0. The first-order valence-electron chi connectivity index (χ1n) is 6.42. The first kappa shape index (κ1) is 14.3. The van der Waals surface area contributed by atoms with E-state index in [1.807, 2.05) is 0 Å². The normalized spacial score (nSPS) is 21.6. The Morgan fingerprint density at radius 1 is 1.59 bits per heavy atom. The Labute approximate surface area is 104 Å². The Bertz CT molecular complexity index is 238. The minimum Gasteiger partial charge on any atom is -0.409 e. The topological polar surface area (TPSA) is 71.1 Å². The first-order valence-corrected chi connectivity index (χ1v) is 6.42. The predicted octanol–water partition coefficient (Wildman–Crippen LogP) is 1.26. The van der Waals surface area contributed by atoms with Crippen LogP contribution in [-0.2, 0) is 4.74 Å². The molecule has 1 unspecified atom stereocenters. The van der Waals surface area contributed by atoms with Crippen LogP contribution in [-0.4, -0.2) is 48.3 Å². The van der Waals surface area contributed by atoms with Crippen LogP contribution in [0.25, 0.3) is 0 Å². The summed E-state index contributed by atoms with van der Waals surface area (Å²) in [4.78, 5) is 2.35. The van der Waals surface area contributed by atoms with Crippen LogP contribution < -0.4 is 5.73 Å². The molecule has 0 bridgehead atoms. The fraction of sp³-hybridized carbons (Fsp3) is 0.917. The number of hydrogen-bond donors (Lipinski definition) is 2. The zero-order valence-electron chi connectivity index (χ0n) is 10.9. The molecule has 1 fully saturated rings. The van der Waals surface area contributed by atoms with Gasteiger partial charge in [-0.1, -0.05) is 19.0 Å². The van der Waals surface area contributed by atoms with Crippen molar-refractivity contribution in [1.82, 2.24) is 4.90 Å². The molecule has 17 heavy (non-hydrogen) atoms. The molecule has 1 aliphatic heterocycles. The van der Waals surface area contributed by atoms with Gasteiger partial charge in [0.1, 0.15) is 5.84 Å². The van der Waals surface area contributed by atoms with E-state index in [9.17, 15) is 0 Å². The minimum absolute atomic E-state index is 0.297. The van der Waals surface area contributed by atoms with Gasteiger partial charge in [0, 0.05) is 32.7 Å². The monoisotopic (exact) mass is 243 g/mol. The Morgan fingerprint density at radius 2 is 2.35 bits per heavy atom. The lowest BCUT2D eigenvalue weighted by Crippen LogP contribution is -2.37. The van der Waals surface area contributed by atoms with Gasteiger partial charge in [-0.3, -0.25) is 0 Å². The first-order chi connectivity index (χ1) is 8.11. The van der Waals surface area contributed by atoms with E-state index in [2.05, 4.69) is 23.9 Å². The maximum Gasteiger partial charge on any atom is 0.140 e. The van der Waals surface area contributed by atoms with Crippen LogP contribution in [0.4, 0.5) is 0 Å². The zero-order valence-corrected chi connectivity index (χ0v) is 10.9. The van der Waals surface area contributed by atoms with Crippen molar-refractivity contribution in [3.63, 3.8) is 0 Å². The number of nitrogens with zero attached hydrogens (tertiary/aromatic N) is 2. The van der Waals surface area contributed by atoms with E-state index in [-0.39, 0.29) is 0 Å². The van der Waals surface area contributed by atoms with E-state index in [4.69, 9.17) is 15.7 Å². The maximum absolute atomic E-state index is 8.53. The van der Waals surface area contributed by atoms with Crippen LogP contribution in [0.3, 0.4) is 0 Å². The van der Waals surface area contributed by atoms with Crippen molar-refractivity contribution < 1.29 is 9.94 Å². The van der Waals surface area contributed by atoms with Crippen molar-refractivity contribution in [3.05, 3.63) is 0 Å². The fourth-order valence-electron chi connectivity index (χ4n) is 2.17. The molecular weight excluding hydrogens is 218 g/mol. The summed E-state index contributed by atoms with van der Waals surface area (Å²) < 4.78 is 5.65. The van der Waals surface area contributed by atoms with Gasteiger partial charge in [0.25, 0.3) is 0 Å².